The van der Waals surface area contributed by atoms with Crippen molar-refractivity contribution in [3.05, 3.63) is 0 Å². The zero-order chi connectivity index (χ0) is 11.9. The summed E-state index contributed by atoms with van der Waals surface area (Å²) in [6.45, 7) is 13.8. The minimum atomic E-state index is -0.0523. The van der Waals surface area contributed by atoms with Crippen molar-refractivity contribution in [2.45, 2.75) is 47.6 Å². The largest absolute Gasteiger partial charge is 0.338 e. The van der Waals surface area contributed by atoms with E-state index in [0.29, 0.717) is 16.7 Å². The summed E-state index contributed by atoms with van der Waals surface area (Å²) >= 11 is 0. The summed E-state index contributed by atoms with van der Waals surface area (Å²) < 4.78 is 0. The molecule has 0 saturated heterocycles. The van der Waals surface area contributed by atoms with Gasteiger partial charge in [0.2, 0.25) is 0 Å². The molecule has 0 aromatic heterocycles. The predicted molar refractivity (Wildman–Crippen MR) is 62.7 cm³/mol. The third-order valence-corrected chi connectivity index (χ3v) is 4.21. The van der Waals surface area contributed by atoms with Crippen LogP contribution in [-0.4, -0.2) is 18.6 Å². The third-order valence-electron chi connectivity index (χ3n) is 4.21. The summed E-state index contributed by atoms with van der Waals surface area (Å²) in [6.07, 6.45) is 0. The summed E-state index contributed by atoms with van der Waals surface area (Å²) in [6, 6.07) is 0.147. The van der Waals surface area contributed by atoms with E-state index in [-0.39, 0.29) is 12.1 Å². The van der Waals surface area contributed by atoms with Crippen LogP contribution in [0.15, 0.2) is 0 Å². The van der Waals surface area contributed by atoms with Gasteiger partial charge in [-0.15, -0.1) is 0 Å². The highest BCUT2D eigenvalue weighted by Gasteiger charge is 2.64. The molecule has 2 amide bonds. The number of nitrogens with one attached hydrogen (secondary N) is 2. The smallest absolute Gasteiger partial charge is 0.314 e. The van der Waals surface area contributed by atoms with Gasteiger partial charge < -0.3 is 10.6 Å². The Morgan fingerprint density at radius 3 is 2.00 bits per heavy atom. The second-order valence-corrected chi connectivity index (χ2v) is 6.01. The maximum Gasteiger partial charge on any atom is 0.314 e. The Bertz CT molecular complexity index is 242. The number of carbonyl (C=O) groups excluding carboxylic acids is 1. The van der Waals surface area contributed by atoms with Gasteiger partial charge in [0.25, 0.3) is 0 Å². The molecule has 0 spiro atoms. The second kappa shape index (κ2) is 3.69. The summed E-state index contributed by atoms with van der Waals surface area (Å²) in [5.74, 6) is 0.586. The maximum absolute atomic E-state index is 11.4. The standard InChI is InChI=1S/C12H24N2O/c1-8(2)14-10(15)13-7-9-11(3,4)12(9,5)6/h8-9H,7H2,1-6H3,(H2,13,14,15). The van der Waals surface area contributed by atoms with Crippen LogP contribution < -0.4 is 10.6 Å². The fraction of sp³-hybridized carbons (Fsp3) is 0.917. The average Bonchev–Trinajstić information content (AvgIpc) is 2.38. The van der Waals surface area contributed by atoms with E-state index in [1.165, 1.54) is 0 Å². The molecule has 1 saturated carbocycles. The molecule has 0 radical (unpaired) electrons. The molecular formula is C12H24N2O. The molecule has 2 N–H and O–H groups in total. The first-order valence-corrected chi connectivity index (χ1v) is 5.74. The Morgan fingerprint density at radius 2 is 1.67 bits per heavy atom. The zero-order valence-corrected chi connectivity index (χ0v) is 10.8. The molecule has 1 rings (SSSR count). The Balaban J connectivity index is 2.32. The van der Waals surface area contributed by atoms with Gasteiger partial charge in [0, 0.05) is 12.6 Å². The highest BCUT2D eigenvalue weighted by atomic mass is 16.2. The van der Waals surface area contributed by atoms with Gasteiger partial charge in [-0.25, -0.2) is 4.79 Å². The number of rotatable bonds is 3. The van der Waals surface area contributed by atoms with Crippen LogP contribution in [0.4, 0.5) is 4.79 Å². The van der Waals surface area contributed by atoms with Crippen LogP contribution in [0.2, 0.25) is 0 Å². The van der Waals surface area contributed by atoms with Crippen molar-refractivity contribution in [2.75, 3.05) is 6.54 Å². The molecule has 0 heterocycles. The van der Waals surface area contributed by atoms with Crippen molar-refractivity contribution >= 4 is 6.03 Å². The van der Waals surface area contributed by atoms with E-state index >= 15 is 0 Å². The van der Waals surface area contributed by atoms with Crippen LogP contribution in [0.3, 0.4) is 0 Å². The zero-order valence-electron chi connectivity index (χ0n) is 10.8. The number of hydrogen-bond acceptors (Lipinski definition) is 1. The van der Waals surface area contributed by atoms with Crippen molar-refractivity contribution in [1.29, 1.82) is 0 Å². The molecule has 3 nitrogen and oxygen atoms in total. The van der Waals surface area contributed by atoms with Crippen molar-refractivity contribution in [1.82, 2.24) is 10.6 Å². The lowest BCUT2D eigenvalue weighted by atomic mass is 10.0. The molecule has 1 fully saturated rings. The van der Waals surface area contributed by atoms with Crippen LogP contribution in [-0.2, 0) is 0 Å². The molecule has 0 unspecified atom stereocenters. The highest BCUT2D eigenvalue weighted by molar-refractivity contribution is 5.74. The molecule has 0 aliphatic heterocycles. The molecule has 1 aliphatic carbocycles. The fourth-order valence-corrected chi connectivity index (χ4v) is 2.35. The van der Waals surface area contributed by atoms with Gasteiger partial charge in [0.15, 0.2) is 0 Å². The first kappa shape index (κ1) is 12.3. The van der Waals surface area contributed by atoms with Crippen molar-refractivity contribution in [3.63, 3.8) is 0 Å². The molecule has 0 aromatic rings. The van der Waals surface area contributed by atoms with Crippen LogP contribution in [0.5, 0.6) is 0 Å². The molecule has 88 valence electrons. The van der Waals surface area contributed by atoms with Crippen molar-refractivity contribution in [3.8, 4) is 0 Å². The van der Waals surface area contributed by atoms with Crippen LogP contribution >= 0.6 is 0 Å². The van der Waals surface area contributed by atoms with Gasteiger partial charge in [-0.3, -0.25) is 0 Å². The van der Waals surface area contributed by atoms with E-state index in [1.807, 2.05) is 13.8 Å². The topological polar surface area (TPSA) is 41.1 Å². The van der Waals surface area contributed by atoms with Crippen molar-refractivity contribution in [2.24, 2.45) is 16.7 Å². The van der Waals surface area contributed by atoms with Gasteiger partial charge in [0.1, 0.15) is 0 Å². The monoisotopic (exact) mass is 212 g/mol. The summed E-state index contributed by atoms with van der Waals surface area (Å²) in [5, 5.41) is 5.77. The van der Waals surface area contributed by atoms with E-state index in [1.54, 1.807) is 0 Å². The van der Waals surface area contributed by atoms with Crippen LogP contribution in [0, 0.1) is 16.7 Å². The Kier molecular flexibility index (Phi) is 3.04. The van der Waals surface area contributed by atoms with Gasteiger partial charge in [-0.2, -0.15) is 0 Å². The lowest BCUT2D eigenvalue weighted by Crippen LogP contribution is -2.40. The van der Waals surface area contributed by atoms with Crippen LogP contribution in [0.25, 0.3) is 0 Å². The quantitative estimate of drug-likeness (QED) is 0.741. The Labute approximate surface area is 93.0 Å². The molecule has 0 atom stereocenters. The molecule has 0 bridgehead atoms. The first-order valence-electron chi connectivity index (χ1n) is 5.74. The van der Waals surface area contributed by atoms with Crippen molar-refractivity contribution < 1.29 is 4.79 Å². The lowest BCUT2D eigenvalue weighted by molar-refractivity contribution is 0.237. The van der Waals surface area contributed by atoms with E-state index in [2.05, 4.69) is 38.3 Å². The summed E-state index contributed by atoms with van der Waals surface area (Å²) in [5.41, 5.74) is 0.691. The van der Waals surface area contributed by atoms with Gasteiger partial charge in [-0.1, -0.05) is 27.7 Å². The summed E-state index contributed by atoms with van der Waals surface area (Å²) in [4.78, 5) is 11.4. The second-order valence-electron chi connectivity index (χ2n) is 6.01. The van der Waals surface area contributed by atoms with E-state index in [9.17, 15) is 4.79 Å². The van der Waals surface area contributed by atoms with E-state index in [4.69, 9.17) is 0 Å². The number of urea groups is 1. The maximum atomic E-state index is 11.4. The molecular weight excluding hydrogens is 188 g/mol. The van der Waals surface area contributed by atoms with Gasteiger partial charge in [-0.05, 0) is 30.6 Å². The number of carbonyl (C=O) groups is 1. The van der Waals surface area contributed by atoms with E-state index < -0.39 is 0 Å². The Hall–Kier alpha value is -0.730. The molecule has 3 heteroatoms. The first-order chi connectivity index (χ1) is 6.69. The normalized spacial score (nSPS) is 22.6. The SMILES string of the molecule is CC(C)NC(=O)NCC1C(C)(C)C1(C)C. The molecule has 1 aliphatic rings. The number of hydrogen-bond donors (Lipinski definition) is 2. The molecule has 0 aromatic carbocycles. The summed E-state index contributed by atoms with van der Waals surface area (Å²) in [7, 11) is 0. The lowest BCUT2D eigenvalue weighted by Gasteiger charge is -2.10. The number of amides is 2. The Morgan fingerprint density at radius 1 is 1.20 bits per heavy atom. The predicted octanol–water partition coefficient (Wildman–Crippen LogP) is 2.38. The fourth-order valence-electron chi connectivity index (χ4n) is 2.35. The average molecular weight is 212 g/mol. The minimum absolute atomic E-state index is 0.0523. The third kappa shape index (κ3) is 2.27. The van der Waals surface area contributed by atoms with Crippen LogP contribution in [0.1, 0.15) is 41.5 Å². The highest BCUT2D eigenvalue weighted by Crippen LogP contribution is 2.67. The molecule has 15 heavy (non-hydrogen) atoms. The van der Waals surface area contributed by atoms with Gasteiger partial charge >= 0.3 is 6.03 Å². The minimum Gasteiger partial charge on any atom is -0.338 e. The van der Waals surface area contributed by atoms with Gasteiger partial charge in [0.05, 0.1) is 0 Å². The van der Waals surface area contributed by atoms with E-state index in [0.717, 1.165) is 6.54 Å².